The van der Waals surface area contributed by atoms with Crippen LogP contribution in [0.3, 0.4) is 0 Å². The molecule has 4 heteroatoms. The first-order chi connectivity index (χ1) is 11.2. The van der Waals surface area contributed by atoms with E-state index in [-0.39, 0.29) is 0 Å². The first kappa shape index (κ1) is 14.7. The third-order valence-corrected chi connectivity index (χ3v) is 5.62. The highest BCUT2D eigenvalue weighted by atomic mass is 16.4. The van der Waals surface area contributed by atoms with Crippen LogP contribution in [-0.2, 0) is 0 Å². The molecule has 0 saturated heterocycles. The minimum absolute atomic E-state index is 0.337. The molecule has 4 rings (SSSR count). The third-order valence-electron chi connectivity index (χ3n) is 5.62. The van der Waals surface area contributed by atoms with Crippen molar-refractivity contribution in [2.75, 3.05) is 0 Å². The van der Waals surface area contributed by atoms with Crippen molar-refractivity contribution < 1.29 is 9.90 Å². The molecule has 2 aliphatic rings. The van der Waals surface area contributed by atoms with Gasteiger partial charge in [-0.3, -0.25) is 0 Å². The summed E-state index contributed by atoms with van der Waals surface area (Å²) in [7, 11) is 0. The molecular weight excluding hydrogens is 288 g/mol. The average molecular weight is 312 g/mol. The molecule has 1 aromatic heterocycles. The minimum Gasteiger partial charge on any atom is -0.478 e. The van der Waals surface area contributed by atoms with Crippen LogP contribution in [0.5, 0.6) is 0 Å². The lowest BCUT2D eigenvalue weighted by molar-refractivity contribution is 0.0697. The standard InChI is InChI=1S/C19H24N2O2/c22-19(23)14-10-11-17-16(12-14)20-18(13-6-2-1-3-7-13)21(17)15-8-4-5-9-15/h10-13,15H,1-9H2,(H,22,23). The van der Waals surface area contributed by atoms with Gasteiger partial charge in [0.2, 0.25) is 0 Å². The SMILES string of the molecule is O=C(O)c1ccc2c(c1)nc(C1CCCCC1)n2C1CCCC1. The Kier molecular flexibility index (Phi) is 3.83. The molecule has 2 aliphatic carbocycles. The first-order valence-corrected chi connectivity index (χ1v) is 8.99. The fourth-order valence-electron chi connectivity index (χ4n) is 4.45. The molecule has 2 aromatic rings. The Morgan fingerprint density at radius 1 is 1.04 bits per heavy atom. The van der Waals surface area contributed by atoms with Gasteiger partial charge < -0.3 is 9.67 Å². The largest absolute Gasteiger partial charge is 0.478 e. The van der Waals surface area contributed by atoms with Crippen molar-refractivity contribution in [2.45, 2.75) is 69.7 Å². The molecule has 23 heavy (non-hydrogen) atoms. The van der Waals surface area contributed by atoms with Crippen LogP contribution in [0.2, 0.25) is 0 Å². The molecule has 0 unspecified atom stereocenters. The summed E-state index contributed by atoms with van der Waals surface area (Å²) in [4.78, 5) is 16.2. The van der Waals surface area contributed by atoms with Crippen LogP contribution in [-0.4, -0.2) is 20.6 Å². The van der Waals surface area contributed by atoms with Crippen molar-refractivity contribution >= 4 is 17.0 Å². The van der Waals surface area contributed by atoms with Crippen molar-refractivity contribution in [1.82, 2.24) is 9.55 Å². The molecule has 0 radical (unpaired) electrons. The lowest BCUT2D eigenvalue weighted by Gasteiger charge is -2.25. The van der Waals surface area contributed by atoms with E-state index in [4.69, 9.17) is 4.98 Å². The van der Waals surface area contributed by atoms with Gasteiger partial charge in [-0.15, -0.1) is 0 Å². The van der Waals surface area contributed by atoms with Crippen LogP contribution >= 0.6 is 0 Å². The quantitative estimate of drug-likeness (QED) is 0.877. The van der Waals surface area contributed by atoms with Crippen LogP contribution < -0.4 is 0 Å². The Morgan fingerprint density at radius 2 is 1.74 bits per heavy atom. The summed E-state index contributed by atoms with van der Waals surface area (Å²) in [5.41, 5.74) is 2.32. The maximum absolute atomic E-state index is 11.3. The number of carbonyl (C=O) groups is 1. The third kappa shape index (κ3) is 2.64. The number of rotatable bonds is 3. The number of carboxylic acid groups (broad SMARTS) is 1. The number of benzene rings is 1. The molecule has 122 valence electrons. The Bertz CT molecular complexity index is 722. The van der Waals surface area contributed by atoms with Crippen LogP contribution in [0.25, 0.3) is 11.0 Å². The van der Waals surface area contributed by atoms with Crippen molar-refractivity contribution in [3.05, 3.63) is 29.6 Å². The van der Waals surface area contributed by atoms with Gasteiger partial charge in [0.05, 0.1) is 16.6 Å². The number of hydrogen-bond acceptors (Lipinski definition) is 2. The van der Waals surface area contributed by atoms with E-state index < -0.39 is 5.97 Å². The van der Waals surface area contributed by atoms with Crippen LogP contribution in [0.4, 0.5) is 0 Å². The van der Waals surface area contributed by atoms with Gasteiger partial charge in [-0.05, 0) is 43.9 Å². The zero-order valence-electron chi connectivity index (χ0n) is 13.5. The van der Waals surface area contributed by atoms with Crippen molar-refractivity contribution in [1.29, 1.82) is 0 Å². The summed E-state index contributed by atoms with van der Waals surface area (Å²) in [6.45, 7) is 0. The van der Waals surface area contributed by atoms with Crippen molar-refractivity contribution in [2.24, 2.45) is 0 Å². The Morgan fingerprint density at radius 3 is 2.43 bits per heavy atom. The number of imidazole rings is 1. The molecule has 0 aliphatic heterocycles. The monoisotopic (exact) mass is 312 g/mol. The summed E-state index contributed by atoms with van der Waals surface area (Å²) in [6, 6.07) is 5.99. The van der Waals surface area contributed by atoms with Crippen LogP contribution in [0.1, 0.15) is 85.9 Å². The van der Waals surface area contributed by atoms with Gasteiger partial charge in [0, 0.05) is 12.0 Å². The number of fused-ring (bicyclic) bond motifs is 1. The van der Waals surface area contributed by atoms with Gasteiger partial charge in [0.15, 0.2) is 0 Å². The summed E-state index contributed by atoms with van der Waals surface area (Å²) < 4.78 is 2.46. The topological polar surface area (TPSA) is 55.1 Å². The highest BCUT2D eigenvalue weighted by molar-refractivity contribution is 5.92. The van der Waals surface area contributed by atoms with Gasteiger partial charge in [-0.25, -0.2) is 9.78 Å². The molecule has 1 N–H and O–H groups in total. The number of nitrogens with zero attached hydrogens (tertiary/aromatic N) is 2. The molecule has 1 heterocycles. The van der Waals surface area contributed by atoms with Crippen LogP contribution in [0, 0.1) is 0 Å². The number of aromatic carboxylic acids is 1. The van der Waals surface area contributed by atoms with E-state index in [0.29, 0.717) is 17.5 Å². The second-order valence-electron chi connectivity index (χ2n) is 7.12. The first-order valence-electron chi connectivity index (χ1n) is 8.99. The molecule has 2 fully saturated rings. The van der Waals surface area contributed by atoms with E-state index >= 15 is 0 Å². The van der Waals surface area contributed by atoms with E-state index in [2.05, 4.69) is 4.57 Å². The Hall–Kier alpha value is -1.84. The smallest absolute Gasteiger partial charge is 0.335 e. The summed E-state index contributed by atoms with van der Waals surface area (Å²) in [6.07, 6.45) is 11.4. The molecule has 1 aromatic carbocycles. The fraction of sp³-hybridized carbons (Fsp3) is 0.579. The lowest BCUT2D eigenvalue weighted by atomic mass is 9.88. The maximum atomic E-state index is 11.3. The highest BCUT2D eigenvalue weighted by Crippen LogP contribution is 2.39. The zero-order valence-corrected chi connectivity index (χ0v) is 13.5. The summed E-state index contributed by atoms with van der Waals surface area (Å²) in [5.74, 6) is 0.890. The predicted molar refractivity (Wildman–Crippen MR) is 90.0 cm³/mol. The molecular formula is C19H24N2O2. The number of carboxylic acids is 1. The van der Waals surface area contributed by atoms with E-state index in [0.717, 1.165) is 11.0 Å². The molecule has 0 spiro atoms. The van der Waals surface area contributed by atoms with E-state index in [1.54, 1.807) is 12.1 Å². The Balaban J connectivity index is 1.84. The average Bonchev–Trinajstić information content (AvgIpc) is 3.21. The molecule has 0 atom stereocenters. The van der Waals surface area contributed by atoms with E-state index in [1.165, 1.54) is 63.6 Å². The van der Waals surface area contributed by atoms with E-state index in [1.807, 2.05) is 6.07 Å². The number of hydrogen-bond donors (Lipinski definition) is 1. The van der Waals surface area contributed by atoms with Crippen LogP contribution in [0.15, 0.2) is 18.2 Å². The summed E-state index contributed by atoms with van der Waals surface area (Å²) in [5, 5.41) is 9.25. The number of aromatic nitrogens is 2. The summed E-state index contributed by atoms with van der Waals surface area (Å²) >= 11 is 0. The molecule has 0 bridgehead atoms. The van der Waals surface area contributed by atoms with Gasteiger partial charge in [-0.2, -0.15) is 0 Å². The molecule has 4 nitrogen and oxygen atoms in total. The normalized spacial score (nSPS) is 20.3. The highest BCUT2D eigenvalue weighted by Gasteiger charge is 2.28. The molecule has 2 saturated carbocycles. The van der Waals surface area contributed by atoms with Crippen molar-refractivity contribution in [3.8, 4) is 0 Å². The zero-order chi connectivity index (χ0) is 15.8. The second-order valence-corrected chi connectivity index (χ2v) is 7.12. The van der Waals surface area contributed by atoms with Gasteiger partial charge in [-0.1, -0.05) is 32.1 Å². The fourth-order valence-corrected chi connectivity index (χ4v) is 4.45. The second kappa shape index (κ2) is 5.99. The minimum atomic E-state index is -0.874. The molecule has 0 amide bonds. The Labute approximate surface area is 136 Å². The van der Waals surface area contributed by atoms with E-state index in [9.17, 15) is 9.90 Å². The van der Waals surface area contributed by atoms with Gasteiger partial charge in [0.1, 0.15) is 5.82 Å². The van der Waals surface area contributed by atoms with Gasteiger partial charge >= 0.3 is 5.97 Å². The maximum Gasteiger partial charge on any atom is 0.335 e. The van der Waals surface area contributed by atoms with Gasteiger partial charge in [0.25, 0.3) is 0 Å². The predicted octanol–water partition coefficient (Wildman–Crippen LogP) is 4.90. The van der Waals surface area contributed by atoms with Crippen molar-refractivity contribution in [3.63, 3.8) is 0 Å². The lowest BCUT2D eigenvalue weighted by Crippen LogP contribution is -2.15.